The van der Waals surface area contributed by atoms with Crippen LogP contribution >= 0.6 is 0 Å². The summed E-state index contributed by atoms with van der Waals surface area (Å²) >= 11 is 0. The summed E-state index contributed by atoms with van der Waals surface area (Å²) in [4.78, 5) is 8.17. The smallest absolute Gasteiger partial charge is 0.213 e. The fraction of sp³-hybridized carbons (Fsp3) is 0.364. The molecule has 82 valence electrons. The highest BCUT2D eigenvalue weighted by atomic mass is 16.5. The predicted octanol–water partition coefficient (Wildman–Crippen LogP) is 0.935. The van der Waals surface area contributed by atoms with Gasteiger partial charge in [-0.1, -0.05) is 5.16 Å². The van der Waals surface area contributed by atoms with Crippen molar-refractivity contribution in [2.45, 2.75) is 11.8 Å². The average molecular weight is 216 g/mol. The maximum atomic E-state index is 4.81. The molecule has 0 spiro atoms. The molecule has 0 radical (unpaired) electrons. The zero-order valence-electron chi connectivity index (χ0n) is 8.71. The maximum Gasteiger partial charge on any atom is 0.213 e. The molecule has 0 saturated carbocycles. The van der Waals surface area contributed by atoms with Crippen molar-refractivity contribution in [3.05, 3.63) is 42.3 Å². The Balaban J connectivity index is 1.90. The highest BCUT2D eigenvalue weighted by molar-refractivity contribution is 5.23. The Kier molecular flexibility index (Phi) is 2.38. The number of nitrogens with zero attached hydrogens (tertiary/aromatic N) is 3. The van der Waals surface area contributed by atoms with Gasteiger partial charge in [0.05, 0.1) is 0 Å². The minimum Gasteiger partial charge on any atom is -0.343 e. The van der Waals surface area contributed by atoms with Crippen LogP contribution in [0.25, 0.3) is 0 Å². The molecule has 16 heavy (non-hydrogen) atoms. The van der Waals surface area contributed by atoms with E-state index in [0.29, 0.717) is 11.8 Å². The van der Waals surface area contributed by atoms with Crippen LogP contribution in [0.1, 0.15) is 23.2 Å². The fourth-order valence-corrected chi connectivity index (χ4v) is 2.25. The molecule has 1 fully saturated rings. The Morgan fingerprint density at radius 1 is 1.19 bits per heavy atom. The third-order valence-corrected chi connectivity index (χ3v) is 3.06. The summed E-state index contributed by atoms with van der Waals surface area (Å²) in [7, 11) is 0. The van der Waals surface area contributed by atoms with E-state index >= 15 is 0 Å². The SMILES string of the molecule is c1cc(C2CNCC2c2ncon2)ccn1. The molecule has 0 bridgehead atoms. The van der Waals surface area contributed by atoms with Crippen LogP contribution in [-0.2, 0) is 0 Å². The average Bonchev–Trinajstić information content (AvgIpc) is 3.01. The third-order valence-electron chi connectivity index (χ3n) is 3.06. The van der Waals surface area contributed by atoms with Crippen molar-refractivity contribution in [2.75, 3.05) is 13.1 Å². The van der Waals surface area contributed by atoms with Gasteiger partial charge in [-0.3, -0.25) is 4.98 Å². The minimum absolute atomic E-state index is 0.293. The van der Waals surface area contributed by atoms with Crippen LogP contribution in [0.2, 0.25) is 0 Å². The number of nitrogens with one attached hydrogen (secondary N) is 1. The lowest BCUT2D eigenvalue weighted by Gasteiger charge is -2.15. The molecule has 3 heterocycles. The first-order chi connectivity index (χ1) is 7.95. The van der Waals surface area contributed by atoms with Gasteiger partial charge in [0.15, 0.2) is 5.82 Å². The maximum absolute atomic E-state index is 4.81. The van der Waals surface area contributed by atoms with E-state index < -0.39 is 0 Å². The van der Waals surface area contributed by atoms with Gasteiger partial charge in [-0.2, -0.15) is 4.98 Å². The van der Waals surface area contributed by atoms with E-state index in [4.69, 9.17) is 4.52 Å². The molecule has 1 saturated heterocycles. The van der Waals surface area contributed by atoms with Crippen molar-refractivity contribution in [3.63, 3.8) is 0 Å². The third kappa shape index (κ3) is 1.59. The number of pyridine rings is 1. The molecule has 3 rings (SSSR count). The lowest BCUT2D eigenvalue weighted by molar-refractivity contribution is 0.403. The van der Waals surface area contributed by atoms with E-state index in [9.17, 15) is 0 Å². The van der Waals surface area contributed by atoms with Gasteiger partial charge in [0.2, 0.25) is 6.39 Å². The monoisotopic (exact) mass is 216 g/mol. The van der Waals surface area contributed by atoms with Gasteiger partial charge in [-0.15, -0.1) is 0 Å². The zero-order chi connectivity index (χ0) is 10.8. The standard InChI is InChI=1S/C11H12N4O/c1-3-12-4-2-8(1)9-5-13-6-10(9)11-14-7-16-15-11/h1-4,7,9-10,13H,5-6H2. The largest absolute Gasteiger partial charge is 0.343 e. The van der Waals surface area contributed by atoms with Gasteiger partial charge in [0, 0.05) is 37.3 Å². The second-order valence-electron chi connectivity index (χ2n) is 3.94. The van der Waals surface area contributed by atoms with E-state index in [1.807, 2.05) is 24.5 Å². The molecular weight excluding hydrogens is 204 g/mol. The molecule has 0 amide bonds. The second kappa shape index (κ2) is 4.02. The summed E-state index contributed by atoms with van der Waals surface area (Å²) in [5.74, 6) is 1.48. The van der Waals surface area contributed by atoms with Crippen molar-refractivity contribution >= 4 is 0 Å². The van der Waals surface area contributed by atoms with E-state index in [1.54, 1.807) is 0 Å². The summed E-state index contributed by atoms with van der Waals surface area (Å²) in [6.07, 6.45) is 5.03. The van der Waals surface area contributed by atoms with Crippen LogP contribution in [0.3, 0.4) is 0 Å². The van der Waals surface area contributed by atoms with E-state index in [1.165, 1.54) is 12.0 Å². The van der Waals surface area contributed by atoms with E-state index in [-0.39, 0.29) is 0 Å². The topological polar surface area (TPSA) is 63.8 Å². The molecule has 1 aliphatic rings. The van der Waals surface area contributed by atoms with Crippen LogP contribution in [0, 0.1) is 0 Å². The molecule has 5 heteroatoms. The molecule has 2 aromatic rings. The Bertz CT molecular complexity index is 442. The van der Waals surface area contributed by atoms with Crippen molar-refractivity contribution < 1.29 is 4.52 Å². The molecule has 0 aliphatic carbocycles. The first-order valence-electron chi connectivity index (χ1n) is 5.32. The fourth-order valence-electron chi connectivity index (χ4n) is 2.25. The Morgan fingerprint density at radius 3 is 2.75 bits per heavy atom. The van der Waals surface area contributed by atoms with Crippen molar-refractivity contribution in [1.82, 2.24) is 20.4 Å². The first-order valence-corrected chi connectivity index (χ1v) is 5.32. The van der Waals surface area contributed by atoms with Crippen molar-refractivity contribution in [2.24, 2.45) is 0 Å². The summed E-state index contributed by atoms with van der Waals surface area (Å²) < 4.78 is 4.81. The first kappa shape index (κ1) is 9.47. The van der Waals surface area contributed by atoms with Crippen LogP contribution in [0.4, 0.5) is 0 Å². The summed E-state index contributed by atoms with van der Waals surface area (Å²) in [5.41, 5.74) is 1.27. The molecule has 2 aromatic heterocycles. The highest BCUT2D eigenvalue weighted by Gasteiger charge is 2.32. The van der Waals surface area contributed by atoms with Gasteiger partial charge in [0.1, 0.15) is 0 Å². The number of aromatic nitrogens is 3. The van der Waals surface area contributed by atoms with Gasteiger partial charge < -0.3 is 9.84 Å². The summed E-state index contributed by atoms with van der Waals surface area (Å²) in [5, 5.41) is 7.30. The molecule has 1 aliphatic heterocycles. The molecule has 2 unspecified atom stereocenters. The van der Waals surface area contributed by atoms with Crippen LogP contribution in [0.5, 0.6) is 0 Å². The highest BCUT2D eigenvalue weighted by Crippen LogP contribution is 2.33. The number of rotatable bonds is 2. The second-order valence-corrected chi connectivity index (χ2v) is 3.94. The lowest BCUT2D eigenvalue weighted by Crippen LogP contribution is -2.10. The van der Waals surface area contributed by atoms with Gasteiger partial charge in [-0.05, 0) is 17.7 Å². The minimum atomic E-state index is 0.293. The molecule has 2 atom stereocenters. The van der Waals surface area contributed by atoms with Gasteiger partial charge in [-0.25, -0.2) is 0 Å². The normalized spacial score (nSPS) is 24.8. The predicted molar refractivity (Wildman–Crippen MR) is 56.9 cm³/mol. The Morgan fingerprint density at radius 2 is 2.00 bits per heavy atom. The van der Waals surface area contributed by atoms with E-state index in [2.05, 4.69) is 20.4 Å². The summed E-state index contributed by atoms with van der Waals surface area (Å²) in [6, 6.07) is 4.09. The van der Waals surface area contributed by atoms with Crippen LogP contribution in [0.15, 0.2) is 35.4 Å². The van der Waals surface area contributed by atoms with Crippen LogP contribution in [-0.4, -0.2) is 28.2 Å². The van der Waals surface area contributed by atoms with E-state index in [0.717, 1.165) is 18.9 Å². The number of hydrogen-bond donors (Lipinski definition) is 1. The van der Waals surface area contributed by atoms with Gasteiger partial charge in [0.25, 0.3) is 0 Å². The quantitative estimate of drug-likeness (QED) is 0.809. The zero-order valence-corrected chi connectivity index (χ0v) is 8.71. The summed E-state index contributed by atoms with van der Waals surface area (Å²) in [6.45, 7) is 1.84. The van der Waals surface area contributed by atoms with Crippen molar-refractivity contribution in [3.8, 4) is 0 Å². The Labute approximate surface area is 92.9 Å². The number of hydrogen-bond acceptors (Lipinski definition) is 5. The Hall–Kier alpha value is -1.75. The van der Waals surface area contributed by atoms with Crippen molar-refractivity contribution in [1.29, 1.82) is 0 Å². The molecule has 0 aromatic carbocycles. The lowest BCUT2D eigenvalue weighted by atomic mass is 9.89. The van der Waals surface area contributed by atoms with Crippen LogP contribution < -0.4 is 5.32 Å². The van der Waals surface area contributed by atoms with Gasteiger partial charge >= 0.3 is 0 Å². The molecule has 5 nitrogen and oxygen atoms in total. The molecular formula is C11H12N4O. The molecule has 1 N–H and O–H groups in total.